The van der Waals surface area contributed by atoms with Gasteiger partial charge in [-0.1, -0.05) is 0 Å². The number of phenols is 1. The fourth-order valence-electron chi connectivity index (χ4n) is 1.62. The summed E-state index contributed by atoms with van der Waals surface area (Å²) in [5, 5.41) is 15.0. The van der Waals surface area contributed by atoms with Gasteiger partial charge in [0.2, 0.25) is 0 Å². The van der Waals surface area contributed by atoms with E-state index in [1.807, 2.05) is 19.9 Å². The molecule has 0 saturated heterocycles. The first kappa shape index (κ1) is 12.5. The van der Waals surface area contributed by atoms with Crippen LogP contribution < -0.4 is 5.32 Å². The van der Waals surface area contributed by atoms with Crippen molar-refractivity contribution in [1.29, 1.82) is 0 Å². The number of aromatic hydroxyl groups is 1. The summed E-state index contributed by atoms with van der Waals surface area (Å²) in [7, 11) is 0. The molecular weight excluding hydrogens is 298 g/mol. The Morgan fingerprint density at radius 1 is 1.24 bits per heavy atom. The van der Waals surface area contributed by atoms with Crippen molar-refractivity contribution in [3.63, 3.8) is 0 Å². The molecule has 0 aliphatic carbocycles. The molecule has 0 fully saturated rings. The molecular formula is C13H14BrNOS. The highest BCUT2D eigenvalue weighted by molar-refractivity contribution is 9.10. The van der Waals surface area contributed by atoms with Gasteiger partial charge in [0, 0.05) is 27.0 Å². The van der Waals surface area contributed by atoms with E-state index in [1.165, 1.54) is 4.88 Å². The Kier molecular flexibility index (Phi) is 3.74. The third kappa shape index (κ3) is 3.01. The maximum atomic E-state index is 9.58. The smallest absolute Gasteiger partial charge is 0.118 e. The zero-order valence-corrected chi connectivity index (χ0v) is 12.2. The molecule has 0 aliphatic rings. The predicted octanol–water partition coefficient (Wildman–Crippen LogP) is 4.45. The van der Waals surface area contributed by atoms with Gasteiger partial charge in [-0.3, -0.25) is 0 Å². The van der Waals surface area contributed by atoms with Crippen LogP contribution in [0.3, 0.4) is 0 Å². The van der Waals surface area contributed by atoms with E-state index >= 15 is 0 Å². The number of anilines is 1. The lowest BCUT2D eigenvalue weighted by Gasteiger charge is -2.10. The summed E-state index contributed by atoms with van der Waals surface area (Å²) in [6, 6.07) is 5.88. The summed E-state index contributed by atoms with van der Waals surface area (Å²) < 4.78 is 1.12. The van der Waals surface area contributed by atoms with Crippen molar-refractivity contribution in [2.75, 3.05) is 5.32 Å². The lowest BCUT2D eigenvalue weighted by atomic mass is 10.1. The van der Waals surface area contributed by atoms with Crippen LogP contribution in [-0.2, 0) is 6.54 Å². The molecule has 1 aromatic carbocycles. The Balaban J connectivity index is 2.11. The average molecular weight is 312 g/mol. The van der Waals surface area contributed by atoms with Gasteiger partial charge in [0.05, 0.1) is 0 Å². The van der Waals surface area contributed by atoms with Gasteiger partial charge in [0.1, 0.15) is 5.75 Å². The van der Waals surface area contributed by atoms with Crippen LogP contribution >= 0.6 is 27.3 Å². The third-order valence-corrected chi connectivity index (χ3v) is 4.32. The Bertz CT molecular complexity index is 536. The molecule has 17 heavy (non-hydrogen) atoms. The van der Waals surface area contributed by atoms with Crippen LogP contribution in [0.25, 0.3) is 0 Å². The van der Waals surface area contributed by atoms with Crippen LogP contribution in [0.5, 0.6) is 5.75 Å². The maximum absolute atomic E-state index is 9.58. The van der Waals surface area contributed by atoms with Gasteiger partial charge in [-0.15, -0.1) is 11.3 Å². The van der Waals surface area contributed by atoms with Crippen molar-refractivity contribution in [1.82, 2.24) is 0 Å². The van der Waals surface area contributed by atoms with Crippen LogP contribution in [0.15, 0.2) is 28.1 Å². The van der Waals surface area contributed by atoms with Crippen molar-refractivity contribution >= 4 is 33.0 Å². The van der Waals surface area contributed by atoms with Crippen LogP contribution in [0.2, 0.25) is 0 Å². The predicted molar refractivity (Wildman–Crippen MR) is 76.9 cm³/mol. The van der Waals surface area contributed by atoms with E-state index in [9.17, 15) is 5.11 Å². The molecule has 4 heteroatoms. The van der Waals surface area contributed by atoms with Crippen LogP contribution in [0, 0.1) is 13.8 Å². The monoisotopic (exact) mass is 311 g/mol. The molecule has 0 aliphatic heterocycles. The number of hydrogen-bond acceptors (Lipinski definition) is 3. The summed E-state index contributed by atoms with van der Waals surface area (Å²) in [6.07, 6.45) is 0. The number of hydrogen-bond donors (Lipinski definition) is 2. The molecule has 0 unspecified atom stereocenters. The van der Waals surface area contributed by atoms with Crippen molar-refractivity contribution in [2.45, 2.75) is 20.4 Å². The molecule has 2 rings (SSSR count). The minimum absolute atomic E-state index is 0.354. The molecule has 1 heterocycles. The van der Waals surface area contributed by atoms with E-state index in [2.05, 4.69) is 32.7 Å². The van der Waals surface area contributed by atoms with Crippen LogP contribution in [0.1, 0.15) is 16.0 Å². The van der Waals surface area contributed by atoms with E-state index < -0.39 is 0 Å². The number of phenolic OH excluding ortho intramolecular Hbond substituents is 1. The standard InChI is InChI=1S/C13H14BrNOS/c1-8-4-13(16)9(2)3-12(8)15-6-11-5-10(14)7-17-11/h3-5,7,15-16H,6H2,1-2H3. The van der Waals surface area contributed by atoms with Gasteiger partial charge in [-0.05, 0) is 59.1 Å². The first-order valence-electron chi connectivity index (χ1n) is 5.33. The fraction of sp³-hybridized carbons (Fsp3) is 0.231. The van der Waals surface area contributed by atoms with E-state index in [-0.39, 0.29) is 0 Å². The fourth-order valence-corrected chi connectivity index (χ4v) is 3.01. The second-order valence-electron chi connectivity index (χ2n) is 4.04. The molecule has 0 spiro atoms. The van der Waals surface area contributed by atoms with Crippen molar-refractivity contribution < 1.29 is 5.11 Å². The summed E-state index contributed by atoms with van der Waals surface area (Å²) in [5.74, 6) is 0.354. The highest BCUT2D eigenvalue weighted by Gasteiger charge is 2.04. The number of benzene rings is 1. The van der Waals surface area contributed by atoms with Gasteiger partial charge < -0.3 is 10.4 Å². The first-order chi connectivity index (χ1) is 8.06. The summed E-state index contributed by atoms with van der Waals surface area (Å²) in [4.78, 5) is 1.28. The molecule has 2 nitrogen and oxygen atoms in total. The molecule has 0 bridgehead atoms. The van der Waals surface area contributed by atoms with Gasteiger partial charge in [-0.2, -0.15) is 0 Å². The second kappa shape index (κ2) is 5.10. The molecule has 0 saturated carbocycles. The number of nitrogens with one attached hydrogen (secondary N) is 1. The normalized spacial score (nSPS) is 10.5. The number of rotatable bonds is 3. The molecule has 0 atom stereocenters. The molecule has 2 aromatic rings. The molecule has 0 amide bonds. The summed E-state index contributed by atoms with van der Waals surface area (Å²) in [5.41, 5.74) is 3.03. The minimum atomic E-state index is 0.354. The lowest BCUT2D eigenvalue weighted by Crippen LogP contribution is -1.99. The van der Waals surface area contributed by atoms with Crippen molar-refractivity contribution in [2.24, 2.45) is 0 Å². The van der Waals surface area contributed by atoms with Crippen molar-refractivity contribution in [3.8, 4) is 5.75 Å². The van der Waals surface area contributed by atoms with Crippen molar-refractivity contribution in [3.05, 3.63) is 44.1 Å². The molecule has 1 aromatic heterocycles. The van der Waals surface area contributed by atoms with Gasteiger partial charge >= 0.3 is 0 Å². The third-order valence-electron chi connectivity index (χ3n) is 2.62. The highest BCUT2D eigenvalue weighted by Crippen LogP contribution is 2.26. The first-order valence-corrected chi connectivity index (χ1v) is 7.00. The molecule has 90 valence electrons. The summed E-state index contributed by atoms with van der Waals surface area (Å²) in [6.45, 7) is 4.70. The van der Waals surface area contributed by atoms with E-state index in [0.29, 0.717) is 5.75 Å². The zero-order chi connectivity index (χ0) is 12.4. The Hall–Kier alpha value is -1.00. The Morgan fingerprint density at radius 2 is 2.00 bits per heavy atom. The van der Waals surface area contributed by atoms with E-state index in [4.69, 9.17) is 0 Å². The summed E-state index contributed by atoms with van der Waals surface area (Å²) >= 11 is 5.17. The van der Waals surface area contributed by atoms with Crippen LogP contribution in [0.4, 0.5) is 5.69 Å². The largest absolute Gasteiger partial charge is 0.508 e. The van der Waals surface area contributed by atoms with E-state index in [0.717, 1.165) is 27.8 Å². The van der Waals surface area contributed by atoms with E-state index in [1.54, 1.807) is 17.4 Å². The van der Waals surface area contributed by atoms with Gasteiger partial charge in [0.15, 0.2) is 0 Å². The zero-order valence-electron chi connectivity index (χ0n) is 9.75. The number of aryl methyl sites for hydroxylation is 2. The number of halogens is 1. The van der Waals surface area contributed by atoms with Crippen LogP contribution in [-0.4, -0.2) is 5.11 Å². The lowest BCUT2D eigenvalue weighted by molar-refractivity contribution is 0.471. The Labute approximate surface area is 113 Å². The second-order valence-corrected chi connectivity index (χ2v) is 5.95. The van der Waals surface area contributed by atoms with Gasteiger partial charge in [-0.25, -0.2) is 0 Å². The Morgan fingerprint density at radius 3 is 2.65 bits per heavy atom. The number of thiophene rings is 1. The average Bonchev–Trinajstić information content (AvgIpc) is 2.68. The minimum Gasteiger partial charge on any atom is -0.508 e. The topological polar surface area (TPSA) is 32.3 Å². The maximum Gasteiger partial charge on any atom is 0.118 e. The quantitative estimate of drug-likeness (QED) is 0.821. The highest BCUT2D eigenvalue weighted by atomic mass is 79.9. The molecule has 0 radical (unpaired) electrons. The SMILES string of the molecule is Cc1cc(NCc2cc(Br)cs2)c(C)cc1O. The van der Waals surface area contributed by atoms with Gasteiger partial charge in [0.25, 0.3) is 0 Å². The molecule has 2 N–H and O–H groups in total.